The molecule has 2 unspecified atom stereocenters. The Labute approximate surface area is 122 Å². The molecule has 0 aromatic heterocycles. The van der Waals surface area contributed by atoms with Crippen LogP contribution < -0.4 is 5.73 Å². The summed E-state index contributed by atoms with van der Waals surface area (Å²) in [6, 6.07) is 5.04. The van der Waals surface area contributed by atoms with E-state index >= 15 is 0 Å². The molecule has 0 aliphatic carbocycles. The highest BCUT2D eigenvalue weighted by Crippen LogP contribution is 2.29. The van der Waals surface area contributed by atoms with E-state index in [4.69, 9.17) is 10.8 Å². The minimum atomic E-state index is -4.33. The van der Waals surface area contributed by atoms with Gasteiger partial charge in [0.2, 0.25) is 0 Å². The van der Waals surface area contributed by atoms with Crippen LogP contribution in [0.2, 0.25) is 0 Å². The quantitative estimate of drug-likeness (QED) is 0.846. The molecule has 1 rings (SSSR count). The van der Waals surface area contributed by atoms with Crippen LogP contribution in [-0.2, 0) is 17.4 Å². The van der Waals surface area contributed by atoms with Gasteiger partial charge in [-0.15, -0.1) is 0 Å². The molecule has 118 valence electrons. The molecule has 6 heteroatoms. The van der Waals surface area contributed by atoms with E-state index in [0.717, 1.165) is 17.7 Å². The van der Waals surface area contributed by atoms with E-state index in [1.807, 2.05) is 6.92 Å². The molecule has 0 radical (unpaired) electrons. The summed E-state index contributed by atoms with van der Waals surface area (Å²) in [5, 5.41) is 8.92. The Hall–Kier alpha value is -1.56. The van der Waals surface area contributed by atoms with Crippen LogP contribution in [0, 0.1) is 5.92 Å². The molecule has 1 aromatic carbocycles. The van der Waals surface area contributed by atoms with Crippen LogP contribution in [0.15, 0.2) is 24.3 Å². The number of carboxylic acids is 1. The lowest BCUT2D eigenvalue weighted by Gasteiger charge is -2.21. The van der Waals surface area contributed by atoms with Crippen LogP contribution in [0.25, 0.3) is 0 Å². The summed E-state index contributed by atoms with van der Waals surface area (Å²) in [5.41, 5.74) is 4.50. The van der Waals surface area contributed by atoms with E-state index in [0.29, 0.717) is 19.3 Å². The van der Waals surface area contributed by atoms with Crippen molar-refractivity contribution in [3.63, 3.8) is 0 Å². The van der Waals surface area contributed by atoms with Gasteiger partial charge in [0, 0.05) is 0 Å². The number of carboxylic acid groups (broad SMARTS) is 1. The van der Waals surface area contributed by atoms with Gasteiger partial charge in [-0.05, 0) is 49.8 Å². The number of alkyl halides is 3. The number of rotatable bonds is 6. The average molecular weight is 303 g/mol. The van der Waals surface area contributed by atoms with Crippen LogP contribution >= 0.6 is 0 Å². The van der Waals surface area contributed by atoms with Gasteiger partial charge in [-0.3, -0.25) is 4.79 Å². The van der Waals surface area contributed by atoms with Crippen LogP contribution in [0.5, 0.6) is 0 Å². The van der Waals surface area contributed by atoms with Gasteiger partial charge < -0.3 is 10.8 Å². The van der Waals surface area contributed by atoms with Gasteiger partial charge in [0.15, 0.2) is 0 Å². The van der Waals surface area contributed by atoms with Crippen molar-refractivity contribution in [1.82, 2.24) is 0 Å². The minimum Gasteiger partial charge on any atom is -0.480 e. The summed E-state index contributed by atoms with van der Waals surface area (Å²) in [6.07, 6.45) is -2.81. The summed E-state index contributed by atoms with van der Waals surface area (Å²) in [5.74, 6) is -0.909. The Balaban J connectivity index is 2.56. The van der Waals surface area contributed by atoms with E-state index in [-0.39, 0.29) is 5.92 Å². The molecular formula is C15H20F3NO2. The second kappa shape index (κ2) is 6.47. The van der Waals surface area contributed by atoms with E-state index in [9.17, 15) is 18.0 Å². The molecule has 0 fully saturated rings. The molecule has 3 N–H and O–H groups in total. The average Bonchev–Trinajstić information content (AvgIpc) is 2.36. The van der Waals surface area contributed by atoms with Crippen molar-refractivity contribution >= 4 is 5.97 Å². The summed E-state index contributed by atoms with van der Waals surface area (Å²) >= 11 is 0. The highest BCUT2D eigenvalue weighted by Gasteiger charge is 2.30. The zero-order valence-corrected chi connectivity index (χ0v) is 12.1. The largest absolute Gasteiger partial charge is 0.480 e. The first-order chi connectivity index (χ1) is 9.52. The van der Waals surface area contributed by atoms with Crippen molar-refractivity contribution in [2.24, 2.45) is 11.7 Å². The highest BCUT2D eigenvalue weighted by molar-refractivity contribution is 5.77. The Morgan fingerprint density at radius 3 is 2.24 bits per heavy atom. The molecule has 0 saturated heterocycles. The second-order valence-electron chi connectivity index (χ2n) is 5.77. The van der Waals surface area contributed by atoms with E-state index in [1.54, 1.807) is 0 Å². The Morgan fingerprint density at radius 2 is 1.81 bits per heavy atom. The maximum Gasteiger partial charge on any atom is 0.416 e. The Morgan fingerprint density at radius 1 is 1.29 bits per heavy atom. The first-order valence-corrected chi connectivity index (χ1v) is 6.71. The van der Waals surface area contributed by atoms with Crippen LogP contribution in [0.4, 0.5) is 13.2 Å². The van der Waals surface area contributed by atoms with Gasteiger partial charge in [0.25, 0.3) is 0 Å². The fourth-order valence-corrected chi connectivity index (χ4v) is 1.99. The molecular weight excluding hydrogens is 283 g/mol. The van der Waals surface area contributed by atoms with Crippen LogP contribution in [-0.4, -0.2) is 16.6 Å². The number of benzene rings is 1. The van der Waals surface area contributed by atoms with Crippen molar-refractivity contribution < 1.29 is 23.1 Å². The monoisotopic (exact) mass is 303 g/mol. The first kappa shape index (κ1) is 17.5. The fraction of sp³-hybridized carbons (Fsp3) is 0.533. The zero-order chi connectivity index (χ0) is 16.3. The standard InChI is InChI=1S/C15H20F3NO2/c1-10(7-8-14(2,19)13(20)21)9-11-3-5-12(6-4-11)15(16,17)18/h3-6,10H,7-9,19H2,1-2H3,(H,20,21). The van der Waals surface area contributed by atoms with Crippen molar-refractivity contribution in [2.45, 2.75) is 44.8 Å². The Kier molecular flexibility index (Phi) is 5.39. The van der Waals surface area contributed by atoms with Gasteiger partial charge in [-0.2, -0.15) is 13.2 Å². The second-order valence-corrected chi connectivity index (χ2v) is 5.77. The summed E-state index contributed by atoms with van der Waals surface area (Å²) < 4.78 is 37.3. The van der Waals surface area contributed by atoms with Gasteiger partial charge in [-0.25, -0.2) is 0 Å². The van der Waals surface area contributed by atoms with Crippen molar-refractivity contribution in [1.29, 1.82) is 0 Å². The van der Waals surface area contributed by atoms with Crippen molar-refractivity contribution in [3.05, 3.63) is 35.4 Å². The summed E-state index contributed by atoms with van der Waals surface area (Å²) in [4.78, 5) is 10.9. The smallest absolute Gasteiger partial charge is 0.416 e. The topological polar surface area (TPSA) is 63.3 Å². The maximum atomic E-state index is 12.4. The molecule has 0 aliphatic rings. The predicted molar refractivity (Wildman–Crippen MR) is 73.8 cm³/mol. The van der Waals surface area contributed by atoms with Gasteiger partial charge in [-0.1, -0.05) is 19.1 Å². The number of hydrogen-bond donors (Lipinski definition) is 2. The Bertz CT molecular complexity index is 481. The molecule has 21 heavy (non-hydrogen) atoms. The maximum absolute atomic E-state index is 12.4. The predicted octanol–water partition coefficient (Wildman–Crippen LogP) is 3.47. The van der Waals surface area contributed by atoms with E-state index in [1.165, 1.54) is 19.1 Å². The highest BCUT2D eigenvalue weighted by atomic mass is 19.4. The first-order valence-electron chi connectivity index (χ1n) is 6.71. The normalized spacial score (nSPS) is 16.3. The van der Waals surface area contributed by atoms with Crippen LogP contribution in [0.1, 0.15) is 37.8 Å². The lowest BCUT2D eigenvalue weighted by molar-refractivity contribution is -0.143. The molecule has 1 aromatic rings. The van der Waals surface area contributed by atoms with Gasteiger partial charge in [0.1, 0.15) is 5.54 Å². The lowest BCUT2D eigenvalue weighted by atomic mass is 9.89. The van der Waals surface area contributed by atoms with Crippen LogP contribution in [0.3, 0.4) is 0 Å². The number of carbonyl (C=O) groups is 1. The molecule has 0 saturated carbocycles. The number of hydrogen-bond acceptors (Lipinski definition) is 2. The molecule has 3 nitrogen and oxygen atoms in total. The number of nitrogens with two attached hydrogens (primary N) is 1. The molecule has 0 spiro atoms. The zero-order valence-electron chi connectivity index (χ0n) is 12.1. The van der Waals surface area contributed by atoms with Crippen molar-refractivity contribution in [2.75, 3.05) is 0 Å². The number of halogens is 3. The molecule has 0 heterocycles. The molecule has 0 aliphatic heterocycles. The minimum absolute atomic E-state index is 0.143. The van der Waals surface area contributed by atoms with Gasteiger partial charge in [0.05, 0.1) is 5.56 Å². The lowest BCUT2D eigenvalue weighted by Crippen LogP contribution is -2.45. The number of aliphatic carboxylic acids is 1. The summed E-state index contributed by atoms with van der Waals surface area (Å²) in [6.45, 7) is 3.38. The molecule has 2 atom stereocenters. The van der Waals surface area contributed by atoms with E-state index in [2.05, 4.69) is 0 Å². The van der Waals surface area contributed by atoms with Gasteiger partial charge >= 0.3 is 12.1 Å². The van der Waals surface area contributed by atoms with E-state index < -0.39 is 23.2 Å². The SMILES string of the molecule is CC(CCC(C)(N)C(=O)O)Cc1ccc(C(F)(F)F)cc1. The third-order valence-corrected chi connectivity index (χ3v) is 3.51. The molecule has 0 bridgehead atoms. The molecule has 0 amide bonds. The van der Waals surface area contributed by atoms with Crippen molar-refractivity contribution in [3.8, 4) is 0 Å². The third kappa shape index (κ3) is 5.38. The third-order valence-electron chi connectivity index (χ3n) is 3.51. The fourth-order valence-electron chi connectivity index (χ4n) is 1.99. The summed E-state index contributed by atoms with van der Waals surface area (Å²) in [7, 11) is 0.